The molecule has 0 aliphatic carbocycles. The lowest BCUT2D eigenvalue weighted by molar-refractivity contribution is -0.0369. The third-order valence-electron chi connectivity index (χ3n) is 4.13. The van der Waals surface area contributed by atoms with Gasteiger partial charge in [-0.1, -0.05) is 6.07 Å². The quantitative estimate of drug-likeness (QED) is 0.910. The van der Waals surface area contributed by atoms with Gasteiger partial charge >= 0.3 is 0 Å². The Balaban J connectivity index is 2.65. The van der Waals surface area contributed by atoms with Crippen LogP contribution in [0.2, 0.25) is 0 Å². The Labute approximate surface area is 122 Å². The van der Waals surface area contributed by atoms with Crippen molar-refractivity contribution in [3.8, 4) is 11.8 Å². The largest absolute Gasteiger partial charge is 0.496 e. The van der Waals surface area contributed by atoms with Crippen molar-refractivity contribution in [3.63, 3.8) is 0 Å². The number of benzene rings is 1. The lowest BCUT2D eigenvalue weighted by Gasteiger charge is -2.37. The molecule has 21 heavy (non-hydrogen) atoms. The van der Waals surface area contributed by atoms with E-state index < -0.39 is 32.4 Å². The molecule has 7 heteroatoms. The monoisotopic (exact) mass is 313 g/mol. The number of nitrogens with zero attached hydrogens (tertiary/aromatic N) is 1. The van der Waals surface area contributed by atoms with E-state index in [2.05, 4.69) is 0 Å². The number of hydrogen-bond donors (Lipinski definition) is 1. The van der Waals surface area contributed by atoms with Gasteiger partial charge in [0.15, 0.2) is 9.84 Å². The summed E-state index contributed by atoms with van der Waals surface area (Å²) in [4.78, 5) is 0. The van der Waals surface area contributed by atoms with Crippen LogP contribution in [0.5, 0.6) is 5.75 Å². The molecule has 0 radical (unpaired) electrons. The van der Waals surface area contributed by atoms with Gasteiger partial charge in [-0.15, -0.1) is 0 Å². The van der Waals surface area contributed by atoms with Crippen LogP contribution in [-0.4, -0.2) is 32.1 Å². The predicted octanol–water partition coefficient (Wildman–Crippen LogP) is 1.37. The summed E-state index contributed by atoms with van der Waals surface area (Å²) in [5, 5.41) is 20.3. The Morgan fingerprint density at radius 1 is 1.52 bits per heavy atom. The number of aliphatic hydroxyl groups is 1. The zero-order valence-electron chi connectivity index (χ0n) is 11.8. The molecule has 2 unspecified atom stereocenters. The van der Waals surface area contributed by atoms with Gasteiger partial charge in [0.05, 0.1) is 30.2 Å². The van der Waals surface area contributed by atoms with Crippen LogP contribution in [0.15, 0.2) is 18.2 Å². The van der Waals surface area contributed by atoms with E-state index >= 15 is 0 Å². The topological polar surface area (TPSA) is 87.4 Å². The van der Waals surface area contributed by atoms with E-state index in [0.717, 1.165) is 6.07 Å². The van der Waals surface area contributed by atoms with Crippen LogP contribution >= 0.6 is 0 Å². The van der Waals surface area contributed by atoms with Crippen molar-refractivity contribution < 1.29 is 22.7 Å². The Morgan fingerprint density at radius 3 is 2.67 bits per heavy atom. The zero-order valence-corrected chi connectivity index (χ0v) is 12.6. The van der Waals surface area contributed by atoms with E-state index in [1.54, 1.807) is 0 Å². The molecule has 2 rings (SSSR count). The van der Waals surface area contributed by atoms with Crippen molar-refractivity contribution in [2.45, 2.75) is 18.9 Å². The van der Waals surface area contributed by atoms with Crippen LogP contribution in [0, 0.1) is 22.6 Å². The molecule has 0 amide bonds. The molecule has 114 valence electrons. The van der Waals surface area contributed by atoms with Gasteiger partial charge in [0.2, 0.25) is 0 Å². The average Bonchev–Trinajstić information content (AvgIpc) is 2.75. The van der Waals surface area contributed by atoms with E-state index in [-0.39, 0.29) is 23.5 Å². The molecular formula is C14H16FNO4S. The van der Waals surface area contributed by atoms with Crippen molar-refractivity contribution in [1.82, 2.24) is 0 Å². The molecule has 5 nitrogen and oxygen atoms in total. The van der Waals surface area contributed by atoms with Crippen molar-refractivity contribution >= 4 is 9.84 Å². The molecule has 0 saturated carbocycles. The molecule has 1 heterocycles. The average molecular weight is 313 g/mol. The minimum atomic E-state index is -3.44. The van der Waals surface area contributed by atoms with Gasteiger partial charge < -0.3 is 9.84 Å². The first-order valence-electron chi connectivity index (χ1n) is 6.36. The van der Waals surface area contributed by atoms with Crippen molar-refractivity contribution in [3.05, 3.63) is 29.6 Å². The standard InChI is InChI=1S/C14H16FNO4S/c1-13(17,12-10(15)4-3-5-11(12)20-2)14(8-16)6-7-21(18,19)9-14/h3-5,17H,6-7,9H2,1-2H3. The summed E-state index contributed by atoms with van der Waals surface area (Å²) in [6.07, 6.45) is -0.0453. The molecule has 1 aliphatic heterocycles. The summed E-state index contributed by atoms with van der Waals surface area (Å²) in [6.45, 7) is 1.26. The Morgan fingerprint density at radius 2 is 2.19 bits per heavy atom. The maximum atomic E-state index is 14.2. The second-order valence-corrected chi connectivity index (χ2v) is 7.61. The number of methoxy groups -OCH3 is 1. The van der Waals surface area contributed by atoms with Crippen LogP contribution in [0.1, 0.15) is 18.9 Å². The number of halogens is 1. The van der Waals surface area contributed by atoms with E-state index in [1.807, 2.05) is 6.07 Å². The number of rotatable bonds is 3. The Kier molecular flexibility index (Phi) is 3.72. The van der Waals surface area contributed by atoms with Gasteiger partial charge in [-0.3, -0.25) is 0 Å². The molecule has 1 aromatic carbocycles. The maximum Gasteiger partial charge on any atom is 0.152 e. The fourth-order valence-corrected chi connectivity index (χ4v) is 4.86. The highest BCUT2D eigenvalue weighted by Crippen LogP contribution is 2.50. The van der Waals surface area contributed by atoms with Crippen LogP contribution in [0.3, 0.4) is 0 Å². The van der Waals surface area contributed by atoms with Gasteiger partial charge in [0.1, 0.15) is 22.6 Å². The van der Waals surface area contributed by atoms with Gasteiger partial charge in [-0.25, -0.2) is 12.8 Å². The molecule has 0 aromatic heterocycles. The highest BCUT2D eigenvalue weighted by molar-refractivity contribution is 7.91. The molecule has 1 aliphatic rings. The second-order valence-electron chi connectivity index (χ2n) is 5.43. The number of sulfone groups is 1. The lowest BCUT2D eigenvalue weighted by Crippen LogP contribution is -2.44. The summed E-state index contributed by atoms with van der Waals surface area (Å²) >= 11 is 0. The highest BCUT2D eigenvalue weighted by atomic mass is 32.2. The minimum absolute atomic E-state index is 0.0453. The van der Waals surface area contributed by atoms with E-state index in [9.17, 15) is 23.2 Å². The summed E-state index contributed by atoms with van der Waals surface area (Å²) in [7, 11) is -2.12. The predicted molar refractivity (Wildman–Crippen MR) is 73.8 cm³/mol. The number of hydrogen-bond acceptors (Lipinski definition) is 5. The van der Waals surface area contributed by atoms with Crippen molar-refractivity contribution in [2.75, 3.05) is 18.6 Å². The van der Waals surface area contributed by atoms with E-state index in [0.29, 0.717) is 0 Å². The maximum absolute atomic E-state index is 14.2. The van der Waals surface area contributed by atoms with E-state index in [4.69, 9.17) is 4.74 Å². The van der Waals surface area contributed by atoms with Crippen molar-refractivity contribution in [1.29, 1.82) is 5.26 Å². The van der Waals surface area contributed by atoms with Gasteiger partial charge in [0, 0.05) is 0 Å². The Bertz CT molecular complexity index is 708. The first-order chi connectivity index (χ1) is 9.69. The summed E-state index contributed by atoms with van der Waals surface area (Å²) in [5.41, 5.74) is -3.77. The second kappa shape index (κ2) is 4.97. The van der Waals surface area contributed by atoms with Gasteiger partial charge in [-0.05, 0) is 25.5 Å². The SMILES string of the molecule is COc1cccc(F)c1C(C)(O)C1(C#N)CCS(=O)(=O)C1. The molecule has 1 N–H and O–H groups in total. The van der Waals surface area contributed by atoms with Crippen LogP contribution < -0.4 is 4.74 Å². The fourth-order valence-electron chi connectivity index (χ4n) is 2.82. The van der Waals surface area contributed by atoms with Crippen molar-refractivity contribution in [2.24, 2.45) is 5.41 Å². The molecule has 0 spiro atoms. The van der Waals surface area contributed by atoms with Gasteiger partial charge in [0.25, 0.3) is 0 Å². The first kappa shape index (κ1) is 15.7. The number of ether oxygens (including phenoxy) is 1. The molecule has 0 bridgehead atoms. The van der Waals surface area contributed by atoms with Crippen LogP contribution in [-0.2, 0) is 15.4 Å². The lowest BCUT2D eigenvalue weighted by atomic mass is 9.69. The Hall–Kier alpha value is -1.65. The molecule has 1 aromatic rings. The fraction of sp³-hybridized carbons (Fsp3) is 0.500. The summed E-state index contributed by atoms with van der Waals surface area (Å²) < 4.78 is 42.7. The minimum Gasteiger partial charge on any atom is -0.496 e. The van der Waals surface area contributed by atoms with E-state index in [1.165, 1.54) is 26.2 Å². The summed E-state index contributed by atoms with van der Waals surface area (Å²) in [6, 6.07) is 5.91. The third-order valence-corrected chi connectivity index (χ3v) is 5.89. The first-order valence-corrected chi connectivity index (χ1v) is 8.18. The smallest absolute Gasteiger partial charge is 0.152 e. The molecule has 2 atom stereocenters. The highest BCUT2D eigenvalue weighted by Gasteiger charge is 2.57. The van der Waals surface area contributed by atoms with Gasteiger partial charge in [-0.2, -0.15) is 5.26 Å². The summed E-state index contributed by atoms with van der Waals surface area (Å²) in [5.74, 6) is -1.36. The molecular weight excluding hydrogens is 297 g/mol. The molecule has 1 fully saturated rings. The molecule has 1 saturated heterocycles. The number of nitriles is 1. The zero-order chi connectivity index (χ0) is 15.9. The normalized spacial score (nSPS) is 26.8. The van der Waals surface area contributed by atoms with Crippen LogP contribution in [0.25, 0.3) is 0 Å². The third kappa shape index (κ3) is 2.39. The van der Waals surface area contributed by atoms with Crippen LogP contribution in [0.4, 0.5) is 4.39 Å².